The normalized spacial score (nSPS) is 20.0. The van der Waals surface area contributed by atoms with Gasteiger partial charge in [-0.25, -0.2) is 9.78 Å². The van der Waals surface area contributed by atoms with Crippen LogP contribution in [-0.2, 0) is 28.1 Å². The molecule has 160 valence electrons. The van der Waals surface area contributed by atoms with Gasteiger partial charge in [-0.15, -0.1) is 11.3 Å². The summed E-state index contributed by atoms with van der Waals surface area (Å²) in [5, 5.41) is 2.87. The minimum atomic E-state index is -1.05. The zero-order valence-electron chi connectivity index (χ0n) is 17.6. The number of benzene rings is 1. The van der Waals surface area contributed by atoms with Crippen LogP contribution in [0.25, 0.3) is 4.96 Å². The lowest BCUT2D eigenvalue weighted by Gasteiger charge is -2.23. The Hall–Kier alpha value is -3.20. The molecule has 1 aliphatic heterocycles. The first kappa shape index (κ1) is 19.7. The zero-order valence-corrected chi connectivity index (χ0v) is 18.5. The summed E-state index contributed by atoms with van der Waals surface area (Å²) in [7, 11) is 1.68. The summed E-state index contributed by atoms with van der Waals surface area (Å²) < 4.78 is 2.00. The van der Waals surface area contributed by atoms with Gasteiger partial charge in [-0.1, -0.05) is 24.3 Å². The molecule has 1 aliphatic carbocycles. The molecular weight excluding hydrogens is 414 g/mol. The van der Waals surface area contributed by atoms with Gasteiger partial charge in [0.15, 0.2) is 4.96 Å². The molecule has 4 amide bonds. The van der Waals surface area contributed by atoms with Crippen LogP contribution in [0.3, 0.4) is 0 Å². The Bertz CT molecular complexity index is 1250. The number of rotatable bonds is 4. The Morgan fingerprint density at radius 3 is 2.87 bits per heavy atom. The van der Waals surface area contributed by atoms with E-state index in [2.05, 4.69) is 10.3 Å². The van der Waals surface area contributed by atoms with Crippen molar-refractivity contribution in [1.82, 2.24) is 24.5 Å². The third-order valence-electron chi connectivity index (χ3n) is 6.27. The summed E-state index contributed by atoms with van der Waals surface area (Å²) in [6, 6.07) is 7.15. The molecule has 3 heterocycles. The van der Waals surface area contributed by atoms with E-state index < -0.39 is 11.6 Å². The Morgan fingerprint density at radius 2 is 2.06 bits per heavy atom. The van der Waals surface area contributed by atoms with E-state index >= 15 is 0 Å². The number of aryl methyl sites for hydroxylation is 3. The molecule has 2 aromatic heterocycles. The van der Waals surface area contributed by atoms with Gasteiger partial charge >= 0.3 is 6.03 Å². The van der Waals surface area contributed by atoms with Crippen LogP contribution >= 0.6 is 11.3 Å². The zero-order chi connectivity index (χ0) is 21.9. The molecule has 5 rings (SSSR count). The van der Waals surface area contributed by atoms with Crippen molar-refractivity contribution in [2.45, 2.75) is 38.8 Å². The maximum absolute atomic E-state index is 13.3. The highest BCUT2D eigenvalue weighted by Gasteiger charge is 2.55. The standard InChI is InChI=1S/C22H23N5O3S/c1-13-10-26-17(14(2)23-21(26)31-13)11-25(3)18(28)12-27-19(29)22(24-20(27)30)9-8-15-6-4-5-7-16(15)22/h4-7,10H,8-9,11-12H2,1-3H3,(H,24,30). The van der Waals surface area contributed by atoms with Crippen LogP contribution < -0.4 is 5.32 Å². The summed E-state index contributed by atoms with van der Waals surface area (Å²) in [6.45, 7) is 4.00. The van der Waals surface area contributed by atoms with E-state index in [0.29, 0.717) is 13.0 Å². The number of urea groups is 1. The monoisotopic (exact) mass is 437 g/mol. The molecule has 0 saturated carbocycles. The molecule has 0 radical (unpaired) electrons. The van der Waals surface area contributed by atoms with Crippen LogP contribution in [0.4, 0.5) is 4.79 Å². The maximum Gasteiger partial charge on any atom is 0.325 e. The van der Waals surface area contributed by atoms with E-state index in [4.69, 9.17) is 0 Å². The first-order chi connectivity index (χ1) is 14.8. The van der Waals surface area contributed by atoms with Crippen molar-refractivity contribution < 1.29 is 14.4 Å². The van der Waals surface area contributed by atoms with Gasteiger partial charge in [0.25, 0.3) is 5.91 Å². The predicted octanol–water partition coefficient (Wildman–Crippen LogP) is 2.36. The van der Waals surface area contributed by atoms with Gasteiger partial charge in [-0.2, -0.15) is 0 Å². The predicted molar refractivity (Wildman–Crippen MR) is 116 cm³/mol. The number of hydrogen-bond donors (Lipinski definition) is 1. The number of aromatic nitrogens is 2. The molecule has 1 saturated heterocycles. The number of carbonyl (C=O) groups excluding carboxylic acids is 3. The highest BCUT2D eigenvalue weighted by atomic mass is 32.1. The fourth-order valence-electron chi connectivity index (χ4n) is 4.60. The number of imidazole rings is 1. The van der Waals surface area contributed by atoms with Gasteiger partial charge in [-0.05, 0) is 37.8 Å². The first-order valence-electron chi connectivity index (χ1n) is 10.2. The highest BCUT2D eigenvalue weighted by Crippen LogP contribution is 2.41. The Morgan fingerprint density at radius 1 is 1.29 bits per heavy atom. The van der Waals surface area contributed by atoms with Crippen molar-refractivity contribution in [2.75, 3.05) is 13.6 Å². The molecule has 1 aromatic carbocycles. The van der Waals surface area contributed by atoms with Gasteiger partial charge in [0.05, 0.1) is 17.9 Å². The Balaban J connectivity index is 1.34. The van der Waals surface area contributed by atoms with Crippen molar-refractivity contribution >= 4 is 34.1 Å². The van der Waals surface area contributed by atoms with Crippen LogP contribution in [-0.4, -0.2) is 50.6 Å². The average molecular weight is 438 g/mol. The van der Waals surface area contributed by atoms with Crippen LogP contribution in [0.1, 0.15) is 33.8 Å². The quantitative estimate of drug-likeness (QED) is 0.635. The lowest BCUT2D eigenvalue weighted by atomic mass is 9.92. The van der Waals surface area contributed by atoms with Gasteiger partial charge in [-0.3, -0.25) is 18.9 Å². The molecule has 8 nitrogen and oxygen atoms in total. The van der Waals surface area contributed by atoms with Crippen molar-refractivity contribution in [1.29, 1.82) is 0 Å². The summed E-state index contributed by atoms with van der Waals surface area (Å²) >= 11 is 1.60. The third-order valence-corrected chi connectivity index (χ3v) is 7.17. The molecule has 1 unspecified atom stereocenters. The molecule has 0 bridgehead atoms. The van der Waals surface area contributed by atoms with Gasteiger partial charge in [0.1, 0.15) is 12.1 Å². The van der Waals surface area contributed by atoms with E-state index in [9.17, 15) is 14.4 Å². The Labute approximate surface area is 183 Å². The minimum Gasteiger partial charge on any atom is -0.338 e. The van der Waals surface area contributed by atoms with E-state index in [-0.39, 0.29) is 18.4 Å². The molecule has 1 fully saturated rings. The highest BCUT2D eigenvalue weighted by molar-refractivity contribution is 7.17. The maximum atomic E-state index is 13.3. The lowest BCUT2D eigenvalue weighted by Crippen LogP contribution is -2.44. The van der Waals surface area contributed by atoms with Crippen molar-refractivity contribution in [3.63, 3.8) is 0 Å². The van der Waals surface area contributed by atoms with Gasteiger partial charge in [0.2, 0.25) is 5.91 Å². The number of carbonyl (C=O) groups is 3. The van der Waals surface area contributed by atoms with E-state index in [1.807, 2.05) is 48.7 Å². The topological polar surface area (TPSA) is 87.0 Å². The van der Waals surface area contributed by atoms with Crippen molar-refractivity contribution in [3.05, 3.63) is 57.9 Å². The summed E-state index contributed by atoms with van der Waals surface area (Å²) in [4.78, 5) is 48.1. The van der Waals surface area contributed by atoms with Crippen molar-refractivity contribution in [3.8, 4) is 0 Å². The number of fused-ring (bicyclic) bond motifs is 3. The van der Waals surface area contributed by atoms with E-state index in [0.717, 1.165) is 43.7 Å². The second-order valence-corrected chi connectivity index (χ2v) is 9.49. The van der Waals surface area contributed by atoms with E-state index in [1.54, 1.807) is 18.4 Å². The average Bonchev–Trinajstić information content (AvgIpc) is 3.43. The SMILES string of the molecule is Cc1cn2c(CN(C)C(=O)CN3C(=O)NC4(CCc5ccccc54)C3=O)c(C)nc2s1. The number of nitrogens with zero attached hydrogens (tertiary/aromatic N) is 4. The smallest absolute Gasteiger partial charge is 0.325 e. The summed E-state index contributed by atoms with van der Waals surface area (Å²) in [5.74, 6) is -0.645. The minimum absolute atomic E-state index is 0.283. The number of likely N-dealkylation sites (N-methyl/N-ethyl adjacent to an activating group) is 1. The number of nitrogens with one attached hydrogen (secondary N) is 1. The fourth-order valence-corrected chi connectivity index (χ4v) is 5.49. The van der Waals surface area contributed by atoms with Crippen LogP contribution in [0, 0.1) is 13.8 Å². The number of amides is 4. The van der Waals surface area contributed by atoms with Gasteiger partial charge < -0.3 is 10.2 Å². The third kappa shape index (κ3) is 2.95. The number of hydrogen-bond acceptors (Lipinski definition) is 5. The molecule has 3 aromatic rings. The molecule has 9 heteroatoms. The second-order valence-electron chi connectivity index (χ2n) is 8.27. The fraction of sp³-hybridized carbons (Fsp3) is 0.364. The Kier molecular flexibility index (Phi) is 4.40. The molecule has 1 atom stereocenters. The number of imide groups is 1. The summed E-state index contributed by atoms with van der Waals surface area (Å²) in [5.41, 5.74) is 2.64. The van der Waals surface area contributed by atoms with Crippen LogP contribution in [0.15, 0.2) is 30.5 Å². The van der Waals surface area contributed by atoms with E-state index in [1.165, 1.54) is 4.90 Å². The number of thiazole rings is 1. The second kappa shape index (κ2) is 6.91. The molecule has 1 N–H and O–H groups in total. The van der Waals surface area contributed by atoms with Gasteiger partial charge in [0, 0.05) is 18.1 Å². The molecule has 2 aliphatic rings. The lowest BCUT2D eigenvalue weighted by molar-refractivity contribution is -0.138. The molecule has 31 heavy (non-hydrogen) atoms. The first-order valence-corrected chi connectivity index (χ1v) is 11.0. The van der Waals surface area contributed by atoms with Crippen molar-refractivity contribution in [2.24, 2.45) is 0 Å². The molecule has 1 spiro atoms. The van der Waals surface area contributed by atoms with Crippen LogP contribution in [0.5, 0.6) is 0 Å². The largest absolute Gasteiger partial charge is 0.338 e. The summed E-state index contributed by atoms with van der Waals surface area (Å²) in [6.07, 6.45) is 3.24. The molecular formula is C22H23N5O3S. The van der Waals surface area contributed by atoms with Crippen LogP contribution in [0.2, 0.25) is 0 Å².